The van der Waals surface area contributed by atoms with Gasteiger partial charge in [0.2, 0.25) is 0 Å². The Morgan fingerprint density at radius 3 is 2.63 bits per heavy atom. The van der Waals surface area contributed by atoms with Crippen molar-refractivity contribution in [1.82, 2.24) is 0 Å². The first-order valence-corrected chi connectivity index (χ1v) is 7.84. The van der Waals surface area contributed by atoms with E-state index in [1.807, 2.05) is 55.6 Å². The van der Waals surface area contributed by atoms with Crippen molar-refractivity contribution in [1.29, 1.82) is 0 Å². The van der Waals surface area contributed by atoms with Gasteiger partial charge in [0, 0.05) is 9.37 Å². The predicted octanol–water partition coefficient (Wildman–Crippen LogP) is 4.73. The summed E-state index contributed by atoms with van der Waals surface area (Å²) in [5, 5.41) is 2.93. The maximum Gasteiger partial charge on any atom is 0.256 e. The van der Waals surface area contributed by atoms with Gasteiger partial charge in [-0.05, 0) is 58.9 Å². The molecular formula is C15H14BrNOS. The second-order valence-electron chi connectivity index (χ2n) is 4.14. The molecule has 2 aromatic carbocycles. The molecule has 0 bridgehead atoms. The third-order valence-corrected chi connectivity index (χ3v) is 4.18. The van der Waals surface area contributed by atoms with Gasteiger partial charge in [0.05, 0.1) is 11.3 Å². The molecule has 0 heterocycles. The van der Waals surface area contributed by atoms with Crippen LogP contribution in [0.1, 0.15) is 15.9 Å². The quantitative estimate of drug-likeness (QED) is 0.821. The fourth-order valence-corrected chi connectivity index (χ4v) is 2.93. The van der Waals surface area contributed by atoms with Crippen LogP contribution in [0.15, 0.2) is 51.8 Å². The number of carbonyl (C=O) groups is 1. The molecule has 1 N–H and O–H groups in total. The molecule has 0 aliphatic heterocycles. The molecule has 2 aromatic rings. The van der Waals surface area contributed by atoms with Crippen molar-refractivity contribution in [3.63, 3.8) is 0 Å². The lowest BCUT2D eigenvalue weighted by Gasteiger charge is -2.10. The Morgan fingerprint density at radius 2 is 1.95 bits per heavy atom. The smallest absolute Gasteiger partial charge is 0.256 e. The second-order valence-corrected chi connectivity index (χ2v) is 5.84. The largest absolute Gasteiger partial charge is 0.321 e. The van der Waals surface area contributed by atoms with Crippen LogP contribution in [0, 0.1) is 6.92 Å². The number of nitrogens with one attached hydrogen (secondary N) is 1. The minimum absolute atomic E-state index is 0.0884. The summed E-state index contributed by atoms with van der Waals surface area (Å²) in [4.78, 5) is 13.3. The van der Waals surface area contributed by atoms with Crippen molar-refractivity contribution >= 4 is 39.3 Å². The number of hydrogen-bond donors (Lipinski definition) is 1. The summed E-state index contributed by atoms with van der Waals surface area (Å²) in [7, 11) is 0. The van der Waals surface area contributed by atoms with Gasteiger partial charge >= 0.3 is 0 Å². The minimum atomic E-state index is -0.0884. The molecule has 0 saturated heterocycles. The molecular weight excluding hydrogens is 322 g/mol. The van der Waals surface area contributed by atoms with Gasteiger partial charge in [-0.15, -0.1) is 11.8 Å². The average Bonchev–Trinajstić information content (AvgIpc) is 2.41. The third kappa shape index (κ3) is 3.39. The van der Waals surface area contributed by atoms with Crippen molar-refractivity contribution in [3.8, 4) is 0 Å². The van der Waals surface area contributed by atoms with Gasteiger partial charge < -0.3 is 5.32 Å². The van der Waals surface area contributed by atoms with Crippen LogP contribution >= 0.6 is 27.7 Å². The van der Waals surface area contributed by atoms with Crippen LogP contribution in [0.3, 0.4) is 0 Å². The maximum absolute atomic E-state index is 12.3. The standard InChI is InChI=1S/C15H14BrNOS/c1-10-7-8-13(12(16)9-10)17-15(18)11-5-3-4-6-14(11)19-2/h3-9H,1-2H3,(H,17,18). The van der Waals surface area contributed by atoms with Crippen LogP contribution in [0.4, 0.5) is 5.69 Å². The van der Waals surface area contributed by atoms with Gasteiger partial charge in [0.25, 0.3) is 5.91 Å². The van der Waals surface area contributed by atoms with E-state index in [0.29, 0.717) is 5.56 Å². The van der Waals surface area contributed by atoms with Crippen LogP contribution in [-0.4, -0.2) is 12.2 Å². The summed E-state index contributed by atoms with van der Waals surface area (Å²) in [5.74, 6) is -0.0884. The lowest BCUT2D eigenvalue weighted by molar-refractivity contribution is 0.102. The van der Waals surface area contributed by atoms with Crippen LogP contribution in [-0.2, 0) is 0 Å². The highest BCUT2D eigenvalue weighted by Crippen LogP contribution is 2.25. The molecule has 0 aromatic heterocycles. The number of hydrogen-bond acceptors (Lipinski definition) is 2. The predicted molar refractivity (Wildman–Crippen MR) is 85.1 cm³/mol. The van der Waals surface area contributed by atoms with E-state index < -0.39 is 0 Å². The zero-order chi connectivity index (χ0) is 13.8. The fourth-order valence-electron chi connectivity index (χ4n) is 1.74. The van der Waals surface area contributed by atoms with E-state index in [0.717, 1.165) is 20.6 Å². The molecule has 98 valence electrons. The molecule has 4 heteroatoms. The van der Waals surface area contributed by atoms with E-state index in [4.69, 9.17) is 0 Å². The fraction of sp³-hybridized carbons (Fsp3) is 0.133. The zero-order valence-corrected chi connectivity index (χ0v) is 13.1. The number of thioether (sulfide) groups is 1. The zero-order valence-electron chi connectivity index (χ0n) is 10.7. The minimum Gasteiger partial charge on any atom is -0.321 e. The molecule has 0 radical (unpaired) electrons. The number of rotatable bonds is 3. The molecule has 0 unspecified atom stereocenters. The van der Waals surface area contributed by atoms with E-state index >= 15 is 0 Å². The van der Waals surface area contributed by atoms with Gasteiger partial charge in [-0.2, -0.15) is 0 Å². The van der Waals surface area contributed by atoms with Crippen molar-refractivity contribution in [2.75, 3.05) is 11.6 Å². The van der Waals surface area contributed by atoms with Gasteiger partial charge in [0.1, 0.15) is 0 Å². The van der Waals surface area contributed by atoms with Crippen LogP contribution in [0.25, 0.3) is 0 Å². The van der Waals surface area contributed by atoms with E-state index in [-0.39, 0.29) is 5.91 Å². The van der Waals surface area contributed by atoms with E-state index in [2.05, 4.69) is 21.2 Å². The SMILES string of the molecule is CSc1ccccc1C(=O)Nc1ccc(C)cc1Br. The summed E-state index contributed by atoms with van der Waals surface area (Å²) in [5.41, 5.74) is 2.63. The average molecular weight is 336 g/mol. The van der Waals surface area contributed by atoms with Gasteiger partial charge in [-0.3, -0.25) is 4.79 Å². The molecule has 0 fully saturated rings. The summed E-state index contributed by atoms with van der Waals surface area (Å²) < 4.78 is 0.891. The first-order valence-electron chi connectivity index (χ1n) is 5.82. The first-order chi connectivity index (χ1) is 9.11. The van der Waals surface area contributed by atoms with Gasteiger partial charge in [0.15, 0.2) is 0 Å². The highest BCUT2D eigenvalue weighted by Gasteiger charge is 2.11. The number of carbonyl (C=O) groups excluding carboxylic acids is 1. The van der Waals surface area contributed by atoms with Crippen LogP contribution < -0.4 is 5.32 Å². The van der Waals surface area contributed by atoms with Crippen molar-refractivity contribution in [2.45, 2.75) is 11.8 Å². The molecule has 0 spiro atoms. The van der Waals surface area contributed by atoms with E-state index in [1.165, 1.54) is 0 Å². The van der Waals surface area contributed by atoms with Crippen molar-refractivity contribution in [2.24, 2.45) is 0 Å². The van der Waals surface area contributed by atoms with E-state index in [1.54, 1.807) is 11.8 Å². The van der Waals surface area contributed by atoms with Crippen LogP contribution in [0.5, 0.6) is 0 Å². The molecule has 1 amide bonds. The number of anilines is 1. The Labute approximate surface area is 125 Å². The molecule has 0 aliphatic rings. The van der Waals surface area contributed by atoms with Crippen molar-refractivity contribution in [3.05, 3.63) is 58.1 Å². The molecule has 0 atom stereocenters. The first kappa shape index (κ1) is 14.2. The van der Waals surface area contributed by atoms with E-state index in [9.17, 15) is 4.79 Å². The number of amides is 1. The molecule has 0 saturated carbocycles. The topological polar surface area (TPSA) is 29.1 Å². The lowest BCUT2D eigenvalue weighted by Crippen LogP contribution is -2.13. The molecule has 2 rings (SSSR count). The van der Waals surface area contributed by atoms with Gasteiger partial charge in [-0.25, -0.2) is 0 Å². The highest BCUT2D eigenvalue weighted by atomic mass is 79.9. The maximum atomic E-state index is 12.3. The summed E-state index contributed by atoms with van der Waals surface area (Å²) >= 11 is 5.03. The number of halogens is 1. The third-order valence-electron chi connectivity index (χ3n) is 2.72. The highest BCUT2D eigenvalue weighted by molar-refractivity contribution is 9.10. The molecule has 19 heavy (non-hydrogen) atoms. The number of benzene rings is 2. The van der Waals surface area contributed by atoms with Gasteiger partial charge in [-0.1, -0.05) is 18.2 Å². The number of aryl methyl sites for hydroxylation is 1. The Balaban J connectivity index is 2.26. The Kier molecular flexibility index (Phi) is 4.66. The Hall–Kier alpha value is -1.26. The van der Waals surface area contributed by atoms with Crippen LogP contribution in [0.2, 0.25) is 0 Å². The lowest BCUT2D eigenvalue weighted by atomic mass is 10.2. The Morgan fingerprint density at radius 1 is 1.21 bits per heavy atom. The molecule has 2 nitrogen and oxygen atoms in total. The normalized spacial score (nSPS) is 10.3. The summed E-state index contributed by atoms with van der Waals surface area (Å²) in [6.45, 7) is 2.01. The molecule has 0 aliphatic carbocycles. The Bertz CT molecular complexity index is 613. The van der Waals surface area contributed by atoms with Crippen molar-refractivity contribution < 1.29 is 4.79 Å². The summed E-state index contributed by atoms with van der Waals surface area (Å²) in [6.07, 6.45) is 1.97. The monoisotopic (exact) mass is 335 g/mol. The second kappa shape index (κ2) is 6.26. The summed E-state index contributed by atoms with van der Waals surface area (Å²) in [6, 6.07) is 13.5.